The Morgan fingerprint density at radius 1 is 1.19 bits per heavy atom. The Morgan fingerprint density at radius 3 is 2.71 bits per heavy atom. The van der Waals surface area contributed by atoms with Crippen LogP contribution in [-0.4, -0.2) is 17.0 Å². The molecule has 108 valence electrons. The van der Waals surface area contributed by atoms with E-state index in [4.69, 9.17) is 0 Å². The number of amides is 1. The molecule has 2 nitrogen and oxygen atoms in total. The van der Waals surface area contributed by atoms with Crippen LogP contribution >= 0.6 is 27.7 Å². The van der Waals surface area contributed by atoms with Crippen LogP contribution in [0.5, 0.6) is 0 Å². The van der Waals surface area contributed by atoms with E-state index in [9.17, 15) is 4.79 Å². The lowest BCUT2D eigenvalue weighted by molar-refractivity contribution is -0.117. The van der Waals surface area contributed by atoms with Crippen LogP contribution in [0.1, 0.15) is 17.0 Å². The second kappa shape index (κ2) is 6.67. The highest BCUT2D eigenvalue weighted by Crippen LogP contribution is 2.39. The number of halogens is 1. The number of fused-ring (bicyclic) bond motifs is 1. The van der Waals surface area contributed by atoms with Gasteiger partial charge in [-0.1, -0.05) is 46.3 Å². The molecule has 0 saturated heterocycles. The molecule has 1 aliphatic rings. The van der Waals surface area contributed by atoms with Crippen LogP contribution < -0.4 is 5.32 Å². The monoisotopic (exact) mass is 361 g/mol. The molecule has 0 spiro atoms. The predicted molar refractivity (Wildman–Crippen MR) is 92.5 cm³/mol. The van der Waals surface area contributed by atoms with Gasteiger partial charge in [-0.15, -0.1) is 11.8 Å². The number of nitrogens with one attached hydrogen (secondary N) is 1. The Morgan fingerprint density at radius 2 is 1.95 bits per heavy atom. The fraction of sp³-hybridized carbons (Fsp3) is 0.235. The van der Waals surface area contributed by atoms with Crippen molar-refractivity contribution in [2.75, 3.05) is 16.4 Å². The minimum absolute atomic E-state index is 0.0478. The summed E-state index contributed by atoms with van der Waals surface area (Å²) in [5.74, 6) is 0.862. The number of hydrogen-bond donors (Lipinski definition) is 1. The van der Waals surface area contributed by atoms with Gasteiger partial charge in [0.2, 0.25) is 5.91 Å². The van der Waals surface area contributed by atoms with Crippen LogP contribution in [0.3, 0.4) is 0 Å². The molecule has 4 heteroatoms. The first-order chi connectivity index (χ1) is 10.3. The van der Waals surface area contributed by atoms with Crippen LogP contribution in [0.15, 0.2) is 53.4 Å². The van der Waals surface area contributed by atoms with Crippen LogP contribution in [0, 0.1) is 0 Å². The summed E-state index contributed by atoms with van der Waals surface area (Å²) in [7, 11) is 0. The smallest absolute Gasteiger partial charge is 0.232 e. The van der Waals surface area contributed by atoms with Crippen molar-refractivity contribution >= 4 is 39.3 Å². The van der Waals surface area contributed by atoms with Gasteiger partial charge in [0, 0.05) is 21.7 Å². The number of hydrogen-bond acceptors (Lipinski definition) is 2. The summed E-state index contributed by atoms with van der Waals surface area (Å²) in [6.45, 7) is 0. The fourth-order valence-electron chi connectivity index (χ4n) is 2.47. The average molecular weight is 362 g/mol. The first-order valence-electron chi connectivity index (χ1n) is 6.95. The second-order valence-corrected chi connectivity index (χ2v) is 6.88. The zero-order valence-electron chi connectivity index (χ0n) is 11.5. The maximum atomic E-state index is 12.5. The van der Waals surface area contributed by atoms with Crippen molar-refractivity contribution in [1.29, 1.82) is 0 Å². The molecule has 0 aromatic heterocycles. The maximum absolute atomic E-state index is 12.5. The van der Waals surface area contributed by atoms with Crippen molar-refractivity contribution in [3.63, 3.8) is 0 Å². The molecule has 1 heterocycles. The van der Waals surface area contributed by atoms with Gasteiger partial charge in [-0.25, -0.2) is 0 Å². The lowest BCUT2D eigenvalue weighted by Gasteiger charge is -2.12. The summed E-state index contributed by atoms with van der Waals surface area (Å²) >= 11 is 5.19. The lowest BCUT2D eigenvalue weighted by Crippen LogP contribution is -2.20. The number of anilines is 1. The third kappa shape index (κ3) is 3.33. The zero-order chi connectivity index (χ0) is 14.7. The van der Waals surface area contributed by atoms with E-state index < -0.39 is 0 Å². The van der Waals surface area contributed by atoms with E-state index in [1.807, 2.05) is 24.3 Å². The Hall–Kier alpha value is -1.26. The standard InChI is InChI=1S/C17H16BrNOS/c18-10-9-12-5-7-13(8-6-12)19-17(20)15-11-21-16-4-2-1-3-14(15)16/h1-8,15H,9-11H2,(H,19,20). The van der Waals surface area contributed by atoms with Crippen LogP contribution in [0.25, 0.3) is 0 Å². The highest BCUT2D eigenvalue weighted by atomic mass is 79.9. The van der Waals surface area contributed by atoms with Crippen molar-refractivity contribution in [2.45, 2.75) is 17.2 Å². The van der Waals surface area contributed by atoms with Crippen LogP contribution in [0.4, 0.5) is 5.69 Å². The van der Waals surface area contributed by atoms with Gasteiger partial charge in [-0.05, 0) is 35.7 Å². The third-order valence-corrected chi connectivity index (χ3v) is 5.20. The minimum atomic E-state index is -0.0478. The zero-order valence-corrected chi connectivity index (χ0v) is 13.9. The summed E-state index contributed by atoms with van der Waals surface area (Å²) in [6, 6.07) is 16.2. The molecule has 3 rings (SSSR count). The molecule has 1 atom stereocenters. The number of thioether (sulfide) groups is 1. The fourth-order valence-corrected chi connectivity index (χ4v) is 4.16. The molecule has 2 aromatic carbocycles. The SMILES string of the molecule is O=C(Nc1ccc(CCBr)cc1)C1CSc2ccccc21. The molecule has 1 amide bonds. The molecule has 0 aliphatic carbocycles. The first-order valence-corrected chi connectivity index (χ1v) is 9.06. The number of alkyl halides is 1. The molecular weight excluding hydrogens is 346 g/mol. The number of benzene rings is 2. The van der Waals surface area contributed by atoms with Gasteiger partial charge in [-0.2, -0.15) is 0 Å². The van der Waals surface area contributed by atoms with Crippen molar-refractivity contribution in [3.8, 4) is 0 Å². The molecule has 2 aromatic rings. The quantitative estimate of drug-likeness (QED) is 0.814. The van der Waals surface area contributed by atoms with Crippen molar-refractivity contribution in [3.05, 3.63) is 59.7 Å². The Kier molecular flexibility index (Phi) is 4.66. The summed E-state index contributed by atoms with van der Waals surface area (Å²) in [5, 5.41) is 3.98. The molecule has 0 radical (unpaired) electrons. The van der Waals surface area contributed by atoms with E-state index in [-0.39, 0.29) is 11.8 Å². The Labute approximate surface area is 137 Å². The summed E-state index contributed by atoms with van der Waals surface area (Å²) in [5.41, 5.74) is 3.29. The van der Waals surface area contributed by atoms with Crippen molar-refractivity contribution in [2.24, 2.45) is 0 Å². The van der Waals surface area contributed by atoms with E-state index in [2.05, 4.69) is 45.5 Å². The van der Waals surface area contributed by atoms with Gasteiger partial charge < -0.3 is 5.32 Å². The Balaban J connectivity index is 1.70. The van der Waals surface area contributed by atoms with Crippen molar-refractivity contribution in [1.82, 2.24) is 0 Å². The van der Waals surface area contributed by atoms with Gasteiger partial charge >= 0.3 is 0 Å². The molecule has 0 fully saturated rings. The van der Waals surface area contributed by atoms with Gasteiger partial charge in [0.1, 0.15) is 0 Å². The van der Waals surface area contributed by atoms with E-state index in [1.54, 1.807) is 11.8 Å². The van der Waals surface area contributed by atoms with E-state index in [0.717, 1.165) is 28.8 Å². The second-order valence-electron chi connectivity index (χ2n) is 5.03. The molecule has 1 aliphatic heterocycles. The minimum Gasteiger partial charge on any atom is -0.326 e. The number of rotatable bonds is 4. The average Bonchev–Trinajstić information content (AvgIpc) is 2.93. The third-order valence-electron chi connectivity index (χ3n) is 3.62. The molecular formula is C17H16BrNOS. The highest BCUT2D eigenvalue weighted by molar-refractivity contribution is 9.09. The molecule has 0 bridgehead atoms. The summed E-state index contributed by atoms with van der Waals surface area (Å²) in [6.07, 6.45) is 1.00. The number of aryl methyl sites for hydroxylation is 1. The summed E-state index contributed by atoms with van der Waals surface area (Å²) < 4.78 is 0. The molecule has 21 heavy (non-hydrogen) atoms. The topological polar surface area (TPSA) is 29.1 Å². The van der Waals surface area contributed by atoms with E-state index >= 15 is 0 Å². The van der Waals surface area contributed by atoms with E-state index in [0.29, 0.717) is 0 Å². The van der Waals surface area contributed by atoms with Crippen molar-refractivity contribution < 1.29 is 4.79 Å². The van der Waals surface area contributed by atoms with Gasteiger partial charge in [-0.3, -0.25) is 4.79 Å². The normalized spacial score (nSPS) is 16.5. The predicted octanol–water partition coefficient (Wildman–Crippen LogP) is 4.45. The first kappa shape index (κ1) is 14.7. The summed E-state index contributed by atoms with van der Waals surface area (Å²) in [4.78, 5) is 13.7. The molecule has 1 N–H and O–H groups in total. The lowest BCUT2D eigenvalue weighted by atomic mass is 10.0. The number of carbonyl (C=O) groups is 1. The van der Waals surface area contributed by atoms with E-state index in [1.165, 1.54) is 10.5 Å². The largest absolute Gasteiger partial charge is 0.326 e. The van der Waals surface area contributed by atoms with Crippen LogP contribution in [0.2, 0.25) is 0 Å². The highest BCUT2D eigenvalue weighted by Gasteiger charge is 2.28. The van der Waals surface area contributed by atoms with Crippen LogP contribution in [-0.2, 0) is 11.2 Å². The molecule has 1 unspecified atom stereocenters. The maximum Gasteiger partial charge on any atom is 0.232 e. The van der Waals surface area contributed by atoms with Gasteiger partial charge in [0.15, 0.2) is 0 Å². The number of carbonyl (C=O) groups excluding carboxylic acids is 1. The molecule has 0 saturated carbocycles. The van der Waals surface area contributed by atoms with Gasteiger partial charge in [0.25, 0.3) is 0 Å². The van der Waals surface area contributed by atoms with Gasteiger partial charge in [0.05, 0.1) is 5.92 Å². The Bertz CT molecular complexity index is 641.